The monoisotopic (exact) mass is 394 g/mol. The number of aliphatic hydroxyl groups is 1. The fourth-order valence-electron chi connectivity index (χ4n) is 4.71. The molecule has 2 aliphatic heterocycles. The zero-order valence-corrected chi connectivity index (χ0v) is 16.7. The van der Waals surface area contributed by atoms with Crippen LogP contribution in [-0.4, -0.2) is 69.1 Å². The lowest BCUT2D eigenvalue weighted by molar-refractivity contribution is -0.149. The van der Waals surface area contributed by atoms with E-state index in [-0.39, 0.29) is 36.5 Å². The van der Waals surface area contributed by atoms with Gasteiger partial charge in [-0.25, -0.2) is 4.79 Å². The van der Waals surface area contributed by atoms with Crippen molar-refractivity contribution >= 4 is 11.9 Å². The van der Waals surface area contributed by atoms with Gasteiger partial charge in [-0.3, -0.25) is 9.78 Å². The van der Waals surface area contributed by atoms with Crippen molar-refractivity contribution in [3.63, 3.8) is 0 Å². The van der Waals surface area contributed by atoms with E-state index in [2.05, 4.69) is 10.3 Å². The Morgan fingerprint density at radius 1 is 1.17 bits per heavy atom. The first-order valence-corrected chi connectivity index (χ1v) is 9.94. The van der Waals surface area contributed by atoms with E-state index in [0.717, 1.165) is 5.56 Å². The highest BCUT2D eigenvalue weighted by Crippen LogP contribution is 2.54. The second kappa shape index (κ2) is 7.48. The van der Waals surface area contributed by atoms with E-state index in [1.54, 1.807) is 34.2 Å². The average molecular weight is 394 g/mol. The first kappa shape index (κ1) is 19.4. The Morgan fingerprint density at radius 3 is 2.45 bits per heavy atom. The van der Waals surface area contributed by atoms with E-state index < -0.39 is 5.54 Å². The van der Waals surface area contributed by atoms with Crippen molar-refractivity contribution in [1.29, 1.82) is 0 Å². The van der Waals surface area contributed by atoms with Crippen molar-refractivity contribution < 1.29 is 14.7 Å². The molecule has 2 aliphatic rings. The Balaban J connectivity index is 1.62. The minimum Gasteiger partial charge on any atom is -0.394 e. The van der Waals surface area contributed by atoms with Gasteiger partial charge in [0.15, 0.2) is 0 Å². The first-order valence-electron chi connectivity index (χ1n) is 9.94. The number of pyridine rings is 1. The number of nitrogens with one attached hydrogen (secondary N) is 1. The van der Waals surface area contributed by atoms with Crippen LogP contribution in [0.3, 0.4) is 0 Å². The molecule has 1 spiro atoms. The van der Waals surface area contributed by atoms with Crippen LogP contribution in [0.5, 0.6) is 0 Å². The number of carbonyl (C=O) groups excluding carboxylic acids is 2. The van der Waals surface area contributed by atoms with Gasteiger partial charge in [0.1, 0.15) is 5.69 Å². The zero-order chi connectivity index (χ0) is 20.6. The Labute approximate surface area is 170 Å². The van der Waals surface area contributed by atoms with Gasteiger partial charge in [-0.1, -0.05) is 36.4 Å². The molecule has 7 heteroatoms. The number of benzene rings is 1. The molecule has 2 fully saturated rings. The number of urea groups is 1. The third-order valence-corrected chi connectivity index (χ3v) is 5.85. The standard InChI is InChI=1S/C22H26N4O3/c1-15(2)24-21(29)26-18(12-27)19(16-8-4-3-5-9-16)22(26)13-25(14-22)20(28)17-10-6-7-11-23-17/h3-11,15,18-19,27H,12-14H2,1-2H3,(H,24,29)/t18-,19-/m0/s1. The molecule has 2 saturated heterocycles. The minimum atomic E-state index is -0.516. The molecule has 1 aromatic carbocycles. The maximum atomic E-state index is 12.9. The molecule has 2 aromatic rings. The molecule has 3 heterocycles. The van der Waals surface area contributed by atoms with Crippen molar-refractivity contribution in [2.45, 2.75) is 37.4 Å². The summed E-state index contributed by atoms with van der Waals surface area (Å²) in [5, 5.41) is 13.0. The summed E-state index contributed by atoms with van der Waals surface area (Å²) in [5.41, 5.74) is 0.956. The largest absolute Gasteiger partial charge is 0.394 e. The number of amides is 3. The quantitative estimate of drug-likeness (QED) is 0.829. The molecule has 0 unspecified atom stereocenters. The molecule has 0 saturated carbocycles. The predicted molar refractivity (Wildman–Crippen MR) is 108 cm³/mol. The lowest BCUT2D eigenvalue weighted by Gasteiger charge is -2.70. The minimum absolute atomic E-state index is 0.0130. The molecule has 0 aliphatic carbocycles. The summed E-state index contributed by atoms with van der Waals surface area (Å²) >= 11 is 0. The predicted octanol–water partition coefficient (Wildman–Crippen LogP) is 1.85. The molecule has 0 bridgehead atoms. The number of carbonyl (C=O) groups is 2. The molecular weight excluding hydrogens is 368 g/mol. The van der Waals surface area contributed by atoms with Crippen LogP contribution in [0.25, 0.3) is 0 Å². The number of aliphatic hydroxyl groups excluding tert-OH is 1. The molecule has 4 rings (SSSR count). The van der Waals surface area contributed by atoms with Crippen LogP contribution < -0.4 is 5.32 Å². The molecule has 2 atom stereocenters. The van der Waals surface area contributed by atoms with Gasteiger partial charge in [0.25, 0.3) is 5.91 Å². The number of likely N-dealkylation sites (tertiary alicyclic amines) is 2. The number of nitrogens with zero attached hydrogens (tertiary/aromatic N) is 3. The van der Waals surface area contributed by atoms with E-state index >= 15 is 0 Å². The lowest BCUT2D eigenvalue weighted by atomic mass is 9.61. The summed E-state index contributed by atoms with van der Waals surface area (Å²) in [5.74, 6) is -0.168. The molecule has 1 aromatic heterocycles. The Bertz CT molecular complexity index is 881. The van der Waals surface area contributed by atoms with Crippen molar-refractivity contribution in [2.24, 2.45) is 0 Å². The third kappa shape index (κ3) is 3.15. The van der Waals surface area contributed by atoms with Gasteiger partial charge in [-0.15, -0.1) is 0 Å². The van der Waals surface area contributed by atoms with Crippen LogP contribution in [0.4, 0.5) is 4.79 Å². The second-order valence-electron chi connectivity index (χ2n) is 8.09. The van der Waals surface area contributed by atoms with Crippen LogP contribution in [0.15, 0.2) is 54.7 Å². The molecule has 0 radical (unpaired) electrons. The van der Waals surface area contributed by atoms with Gasteiger partial charge in [-0.2, -0.15) is 0 Å². The fraction of sp³-hybridized carbons (Fsp3) is 0.409. The summed E-state index contributed by atoms with van der Waals surface area (Å²) in [6.45, 7) is 4.53. The number of hydrogen-bond donors (Lipinski definition) is 2. The van der Waals surface area contributed by atoms with Crippen molar-refractivity contribution in [1.82, 2.24) is 20.1 Å². The van der Waals surface area contributed by atoms with Crippen molar-refractivity contribution in [2.75, 3.05) is 19.7 Å². The highest BCUT2D eigenvalue weighted by molar-refractivity contribution is 5.93. The van der Waals surface area contributed by atoms with Gasteiger partial charge in [-0.05, 0) is 31.5 Å². The highest BCUT2D eigenvalue weighted by atomic mass is 16.3. The van der Waals surface area contributed by atoms with Crippen LogP contribution in [0.2, 0.25) is 0 Å². The van der Waals surface area contributed by atoms with E-state index in [1.165, 1.54) is 0 Å². The van der Waals surface area contributed by atoms with E-state index in [0.29, 0.717) is 18.8 Å². The lowest BCUT2D eigenvalue weighted by Crippen LogP contribution is -2.86. The van der Waals surface area contributed by atoms with E-state index in [1.807, 2.05) is 44.2 Å². The van der Waals surface area contributed by atoms with Crippen LogP contribution >= 0.6 is 0 Å². The molecular formula is C22H26N4O3. The maximum absolute atomic E-state index is 12.9. The Kier molecular flexibility index (Phi) is 5.00. The highest BCUT2D eigenvalue weighted by Gasteiger charge is 2.68. The van der Waals surface area contributed by atoms with E-state index in [4.69, 9.17) is 0 Å². The number of hydrogen-bond acceptors (Lipinski definition) is 4. The van der Waals surface area contributed by atoms with Crippen LogP contribution in [0, 0.1) is 0 Å². The normalized spacial score (nSPS) is 22.2. The van der Waals surface area contributed by atoms with Crippen LogP contribution in [0.1, 0.15) is 35.8 Å². The number of aromatic nitrogens is 1. The molecule has 152 valence electrons. The summed E-state index contributed by atoms with van der Waals surface area (Å²) in [4.78, 5) is 33.3. The van der Waals surface area contributed by atoms with Crippen LogP contribution in [-0.2, 0) is 0 Å². The topological polar surface area (TPSA) is 85.8 Å². The number of rotatable bonds is 4. The fourth-order valence-corrected chi connectivity index (χ4v) is 4.71. The van der Waals surface area contributed by atoms with Crippen molar-refractivity contribution in [3.05, 3.63) is 66.0 Å². The molecule has 3 amide bonds. The van der Waals surface area contributed by atoms with Gasteiger partial charge in [0, 0.05) is 31.2 Å². The maximum Gasteiger partial charge on any atom is 0.318 e. The van der Waals surface area contributed by atoms with Gasteiger partial charge in [0.2, 0.25) is 0 Å². The van der Waals surface area contributed by atoms with Gasteiger partial charge < -0.3 is 20.2 Å². The third-order valence-electron chi connectivity index (χ3n) is 5.85. The van der Waals surface area contributed by atoms with E-state index in [9.17, 15) is 14.7 Å². The molecule has 7 nitrogen and oxygen atoms in total. The first-order chi connectivity index (χ1) is 14.0. The molecule has 29 heavy (non-hydrogen) atoms. The van der Waals surface area contributed by atoms with Crippen molar-refractivity contribution in [3.8, 4) is 0 Å². The Morgan fingerprint density at radius 2 is 1.86 bits per heavy atom. The summed E-state index contributed by atoms with van der Waals surface area (Å²) in [6, 6.07) is 14.7. The average Bonchev–Trinajstić information content (AvgIpc) is 2.67. The SMILES string of the molecule is CC(C)NC(=O)N1[C@@H](CO)[C@H](c2ccccc2)C12CN(C(=O)c1ccccn1)C2. The Hall–Kier alpha value is -2.93. The van der Waals surface area contributed by atoms with Gasteiger partial charge in [0.05, 0.1) is 18.2 Å². The summed E-state index contributed by atoms with van der Waals surface area (Å²) in [7, 11) is 0. The second-order valence-corrected chi connectivity index (χ2v) is 8.09. The summed E-state index contributed by atoms with van der Waals surface area (Å²) in [6.07, 6.45) is 1.60. The molecule has 2 N–H and O–H groups in total. The smallest absolute Gasteiger partial charge is 0.318 e. The van der Waals surface area contributed by atoms with Gasteiger partial charge >= 0.3 is 6.03 Å². The zero-order valence-electron chi connectivity index (χ0n) is 16.7. The summed E-state index contributed by atoms with van der Waals surface area (Å²) < 4.78 is 0.